The molecule has 3 aromatic carbocycles. The van der Waals surface area contributed by atoms with Crippen LogP contribution in [0.25, 0.3) is 0 Å². The third-order valence-electron chi connectivity index (χ3n) is 5.58. The molecule has 1 aliphatic heterocycles. The van der Waals surface area contributed by atoms with E-state index in [9.17, 15) is 4.79 Å². The van der Waals surface area contributed by atoms with Crippen LogP contribution in [0.4, 0.5) is 0 Å². The zero-order valence-electron chi connectivity index (χ0n) is 18.0. The second-order valence-corrected chi connectivity index (χ2v) is 8.69. The first-order valence-corrected chi connectivity index (χ1v) is 11.5. The highest BCUT2D eigenvalue weighted by Gasteiger charge is 2.52. The van der Waals surface area contributed by atoms with Gasteiger partial charge in [-0.3, -0.25) is 4.79 Å². The van der Waals surface area contributed by atoms with E-state index in [4.69, 9.17) is 25.3 Å². The van der Waals surface area contributed by atoms with Crippen LogP contribution in [0.5, 0.6) is 5.75 Å². The minimum Gasteiger partial charge on any atom is -0.494 e. The van der Waals surface area contributed by atoms with E-state index in [-0.39, 0.29) is 13.0 Å². The molecule has 1 heterocycles. The summed E-state index contributed by atoms with van der Waals surface area (Å²) in [5.74, 6) is 0.488. The third kappa shape index (κ3) is 4.94. The zero-order valence-corrected chi connectivity index (χ0v) is 19.6. The Hall–Kier alpha value is -3.16. The van der Waals surface area contributed by atoms with E-state index in [0.717, 1.165) is 21.2 Å². The Morgan fingerprint density at radius 2 is 1.76 bits per heavy atom. The Morgan fingerprint density at radius 1 is 1.06 bits per heavy atom. The summed E-state index contributed by atoms with van der Waals surface area (Å²) in [6.45, 7) is 0.510. The van der Waals surface area contributed by atoms with Crippen LogP contribution in [0.1, 0.15) is 29.2 Å². The van der Waals surface area contributed by atoms with E-state index in [1.165, 1.54) is 0 Å². The standard InChI is InChI=1S/C26H25BrN2O4/c27-22-10-5-4-9-20(22)17-26(25(28)31)23(18-7-2-1-3-8-18)33-24(29-26)19-11-13-21(14-12-19)32-16-6-15-30/h1-5,7-14,23,30H,6,15-17H2,(H2,28,31)/t23-,26-/m1/s1. The molecule has 2 atom stereocenters. The lowest BCUT2D eigenvalue weighted by Crippen LogP contribution is -2.47. The number of aliphatic hydroxyl groups is 1. The Bertz CT molecular complexity index is 1130. The van der Waals surface area contributed by atoms with Gasteiger partial charge in [-0.15, -0.1) is 0 Å². The van der Waals surface area contributed by atoms with Crippen molar-refractivity contribution in [2.75, 3.05) is 13.2 Å². The van der Waals surface area contributed by atoms with Gasteiger partial charge in [-0.2, -0.15) is 0 Å². The molecule has 33 heavy (non-hydrogen) atoms. The smallest absolute Gasteiger partial charge is 0.250 e. The number of nitrogens with zero attached hydrogens (tertiary/aromatic N) is 1. The summed E-state index contributed by atoms with van der Waals surface area (Å²) in [4.78, 5) is 17.8. The van der Waals surface area contributed by atoms with Crippen LogP contribution in [0.3, 0.4) is 0 Å². The van der Waals surface area contributed by atoms with Crippen LogP contribution in [-0.4, -0.2) is 35.7 Å². The van der Waals surface area contributed by atoms with E-state index >= 15 is 0 Å². The maximum atomic E-state index is 13.0. The predicted octanol–water partition coefficient (Wildman–Crippen LogP) is 4.20. The Labute approximate surface area is 201 Å². The second-order valence-electron chi connectivity index (χ2n) is 7.83. The average Bonchev–Trinajstić information content (AvgIpc) is 3.23. The van der Waals surface area contributed by atoms with E-state index in [1.807, 2.05) is 78.9 Å². The van der Waals surface area contributed by atoms with Gasteiger partial charge in [0, 0.05) is 29.5 Å². The fourth-order valence-corrected chi connectivity index (χ4v) is 4.29. The first-order valence-electron chi connectivity index (χ1n) is 10.7. The lowest BCUT2D eigenvalue weighted by molar-refractivity contribution is -0.125. The number of carbonyl (C=O) groups excluding carboxylic acids is 1. The summed E-state index contributed by atoms with van der Waals surface area (Å²) in [6, 6.07) is 24.6. The van der Waals surface area contributed by atoms with Gasteiger partial charge in [0.25, 0.3) is 0 Å². The van der Waals surface area contributed by atoms with Gasteiger partial charge >= 0.3 is 0 Å². The molecule has 0 bridgehead atoms. The van der Waals surface area contributed by atoms with Gasteiger partial charge in [0.1, 0.15) is 5.75 Å². The Kier molecular flexibility index (Phi) is 7.11. The Balaban J connectivity index is 1.72. The van der Waals surface area contributed by atoms with Crippen LogP contribution >= 0.6 is 15.9 Å². The van der Waals surface area contributed by atoms with Crippen LogP contribution in [0.15, 0.2) is 88.3 Å². The molecule has 1 amide bonds. The molecular formula is C26H25BrN2O4. The number of ether oxygens (including phenoxy) is 2. The summed E-state index contributed by atoms with van der Waals surface area (Å²) < 4.78 is 12.8. The van der Waals surface area contributed by atoms with E-state index in [1.54, 1.807) is 0 Å². The minimum absolute atomic E-state index is 0.0797. The number of primary amides is 1. The number of hydrogen-bond donors (Lipinski definition) is 2. The van der Waals surface area contributed by atoms with Gasteiger partial charge in [-0.25, -0.2) is 4.99 Å². The number of hydrogen-bond acceptors (Lipinski definition) is 5. The third-order valence-corrected chi connectivity index (χ3v) is 6.36. The lowest BCUT2D eigenvalue weighted by atomic mass is 9.82. The number of halogens is 1. The van der Waals surface area contributed by atoms with Crippen LogP contribution in [0, 0.1) is 0 Å². The summed E-state index contributed by atoms with van der Waals surface area (Å²) >= 11 is 3.58. The summed E-state index contributed by atoms with van der Waals surface area (Å²) in [5.41, 5.74) is 7.16. The summed E-state index contributed by atoms with van der Waals surface area (Å²) in [6.07, 6.45) is 0.181. The first-order chi connectivity index (χ1) is 16.0. The molecule has 0 fully saturated rings. The molecule has 0 spiro atoms. The normalized spacial score (nSPS) is 19.6. The van der Waals surface area contributed by atoms with Crippen molar-refractivity contribution in [3.05, 3.63) is 100 Å². The number of nitrogens with two attached hydrogens (primary N) is 1. The van der Waals surface area contributed by atoms with Crippen LogP contribution < -0.4 is 10.5 Å². The van der Waals surface area contributed by atoms with Crippen molar-refractivity contribution in [2.45, 2.75) is 24.5 Å². The van der Waals surface area contributed by atoms with E-state index in [2.05, 4.69) is 15.9 Å². The minimum atomic E-state index is -1.31. The number of amides is 1. The monoisotopic (exact) mass is 508 g/mol. The SMILES string of the molecule is NC(=O)[C@]1(Cc2ccccc2Br)N=C(c2ccc(OCCCO)cc2)O[C@@H]1c1ccccc1. The molecule has 0 saturated carbocycles. The van der Waals surface area contributed by atoms with Crippen molar-refractivity contribution in [2.24, 2.45) is 10.7 Å². The number of rotatable bonds is 9. The molecular weight excluding hydrogens is 484 g/mol. The second kappa shape index (κ2) is 10.2. The molecule has 3 aromatic rings. The van der Waals surface area contributed by atoms with E-state index in [0.29, 0.717) is 24.7 Å². The maximum absolute atomic E-state index is 13.0. The molecule has 6 nitrogen and oxygen atoms in total. The van der Waals surface area contributed by atoms with Gasteiger partial charge in [0.05, 0.1) is 6.61 Å². The fraction of sp³-hybridized carbons (Fsp3) is 0.231. The maximum Gasteiger partial charge on any atom is 0.250 e. The topological polar surface area (TPSA) is 94.1 Å². The molecule has 0 radical (unpaired) electrons. The molecule has 0 aromatic heterocycles. The van der Waals surface area contributed by atoms with Gasteiger partial charge in [0.15, 0.2) is 11.6 Å². The summed E-state index contributed by atoms with van der Waals surface area (Å²) in [7, 11) is 0. The molecule has 0 aliphatic carbocycles. The zero-order chi connectivity index (χ0) is 23.3. The number of aliphatic imine (C=N–C) groups is 1. The molecule has 1 aliphatic rings. The highest BCUT2D eigenvalue weighted by molar-refractivity contribution is 9.10. The van der Waals surface area contributed by atoms with Gasteiger partial charge in [0.2, 0.25) is 11.8 Å². The first kappa shape index (κ1) is 23.0. The van der Waals surface area contributed by atoms with Crippen molar-refractivity contribution in [3.63, 3.8) is 0 Å². The molecule has 170 valence electrons. The highest BCUT2D eigenvalue weighted by Crippen LogP contribution is 2.42. The quantitative estimate of drug-likeness (QED) is 0.423. The van der Waals surface area contributed by atoms with Crippen molar-refractivity contribution >= 4 is 27.7 Å². The number of benzene rings is 3. The number of carbonyl (C=O) groups is 1. The van der Waals surface area contributed by atoms with Gasteiger partial charge in [-0.05, 0) is 41.5 Å². The molecule has 4 rings (SSSR count). The van der Waals surface area contributed by atoms with Gasteiger partial charge in [-0.1, -0.05) is 64.5 Å². The lowest BCUT2D eigenvalue weighted by Gasteiger charge is -2.29. The molecule has 7 heteroatoms. The van der Waals surface area contributed by atoms with Crippen LogP contribution in [-0.2, 0) is 16.0 Å². The highest BCUT2D eigenvalue weighted by atomic mass is 79.9. The fourth-order valence-electron chi connectivity index (χ4n) is 3.86. The molecule has 0 unspecified atom stereocenters. The van der Waals surface area contributed by atoms with Gasteiger partial charge < -0.3 is 20.3 Å². The van der Waals surface area contributed by atoms with Crippen molar-refractivity contribution in [1.82, 2.24) is 0 Å². The molecule has 3 N–H and O–H groups in total. The number of aliphatic hydroxyl groups excluding tert-OH is 1. The van der Waals surface area contributed by atoms with Crippen LogP contribution in [0.2, 0.25) is 0 Å². The Morgan fingerprint density at radius 3 is 2.42 bits per heavy atom. The largest absolute Gasteiger partial charge is 0.494 e. The van der Waals surface area contributed by atoms with Crippen molar-refractivity contribution in [1.29, 1.82) is 0 Å². The van der Waals surface area contributed by atoms with E-state index < -0.39 is 17.6 Å². The van der Waals surface area contributed by atoms with Crippen molar-refractivity contribution < 1.29 is 19.4 Å². The predicted molar refractivity (Wildman–Crippen MR) is 130 cm³/mol. The molecule has 0 saturated heterocycles. The van der Waals surface area contributed by atoms with Crippen molar-refractivity contribution in [3.8, 4) is 5.75 Å². The summed E-state index contributed by atoms with van der Waals surface area (Å²) in [5, 5.41) is 8.91. The average molecular weight is 509 g/mol.